The molecule has 2 heterocycles. The van der Waals surface area contributed by atoms with Crippen LogP contribution in [0.3, 0.4) is 0 Å². The summed E-state index contributed by atoms with van der Waals surface area (Å²) in [5.74, 6) is 0.630. The molecule has 17 heavy (non-hydrogen) atoms. The molecule has 90 valence electrons. The second-order valence-electron chi connectivity index (χ2n) is 4.02. The largest absolute Gasteiger partial charge is 0.313 e. The van der Waals surface area contributed by atoms with Crippen molar-refractivity contribution in [2.75, 3.05) is 6.54 Å². The van der Waals surface area contributed by atoms with E-state index < -0.39 is 0 Å². The van der Waals surface area contributed by atoms with Crippen molar-refractivity contribution in [2.45, 2.75) is 27.3 Å². The van der Waals surface area contributed by atoms with Crippen molar-refractivity contribution in [2.24, 2.45) is 0 Å². The topological polar surface area (TPSA) is 55.6 Å². The molecule has 2 aromatic heterocycles. The van der Waals surface area contributed by atoms with E-state index in [1.807, 2.05) is 32.3 Å². The van der Waals surface area contributed by atoms with E-state index in [0.29, 0.717) is 5.95 Å². The number of aryl methyl sites for hydroxylation is 2. The van der Waals surface area contributed by atoms with Crippen molar-refractivity contribution >= 4 is 0 Å². The van der Waals surface area contributed by atoms with Gasteiger partial charge in [0.2, 0.25) is 0 Å². The summed E-state index contributed by atoms with van der Waals surface area (Å²) in [5.41, 5.74) is 3.04. The molecule has 2 aromatic rings. The number of nitrogens with one attached hydrogen (secondary N) is 1. The molecule has 0 saturated heterocycles. The van der Waals surface area contributed by atoms with E-state index in [2.05, 4.69) is 27.3 Å². The van der Waals surface area contributed by atoms with Gasteiger partial charge in [0.05, 0.1) is 6.20 Å². The van der Waals surface area contributed by atoms with Crippen LogP contribution in [0.2, 0.25) is 0 Å². The third kappa shape index (κ3) is 2.88. The van der Waals surface area contributed by atoms with E-state index in [0.717, 1.165) is 30.0 Å². The summed E-state index contributed by atoms with van der Waals surface area (Å²) in [4.78, 5) is 8.73. The Hall–Kier alpha value is -1.75. The van der Waals surface area contributed by atoms with Crippen LogP contribution in [0.4, 0.5) is 0 Å². The highest BCUT2D eigenvalue weighted by atomic mass is 15.3. The molecule has 0 saturated carbocycles. The molecular formula is C12H17N5. The first-order valence-corrected chi connectivity index (χ1v) is 5.76. The van der Waals surface area contributed by atoms with Gasteiger partial charge >= 0.3 is 0 Å². The zero-order chi connectivity index (χ0) is 12.3. The van der Waals surface area contributed by atoms with Gasteiger partial charge in [-0.1, -0.05) is 6.92 Å². The van der Waals surface area contributed by atoms with E-state index in [4.69, 9.17) is 0 Å². The number of hydrogen-bond acceptors (Lipinski definition) is 4. The molecule has 0 bridgehead atoms. The van der Waals surface area contributed by atoms with Gasteiger partial charge in [-0.15, -0.1) is 0 Å². The quantitative estimate of drug-likeness (QED) is 0.864. The lowest BCUT2D eigenvalue weighted by atomic mass is 10.3. The van der Waals surface area contributed by atoms with Crippen molar-refractivity contribution in [3.63, 3.8) is 0 Å². The van der Waals surface area contributed by atoms with E-state index in [-0.39, 0.29) is 0 Å². The molecule has 2 rings (SSSR count). The van der Waals surface area contributed by atoms with E-state index >= 15 is 0 Å². The maximum Gasteiger partial charge on any atom is 0.250 e. The standard InChI is InChI=1S/C12H17N5/c1-4-13-6-11-7-14-17(8-11)12-15-9(2)5-10(3)16-12/h5,7-8,13H,4,6H2,1-3H3. The predicted octanol–water partition coefficient (Wildman–Crippen LogP) is 1.39. The highest BCUT2D eigenvalue weighted by Gasteiger charge is 2.04. The van der Waals surface area contributed by atoms with Gasteiger partial charge in [0.1, 0.15) is 0 Å². The van der Waals surface area contributed by atoms with Gasteiger partial charge in [-0.05, 0) is 26.5 Å². The van der Waals surface area contributed by atoms with Crippen molar-refractivity contribution < 1.29 is 0 Å². The summed E-state index contributed by atoms with van der Waals surface area (Å²) in [6.45, 7) is 7.77. The van der Waals surface area contributed by atoms with Gasteiger partial charge in [-0.25, -0.2) is 14.6 Å². The van der Waals surface area contributed by atoms with Crippen LogP contribution in [0.5, 0.6) is 0 Å². The molecule has 0 amide bonds. The molecule has 5 nitrogen and oxygen atoms in total. The molecule has 1 N–H and O–H groups in total. The average molecular weight is 231 g/mol. The van der Waals surface area contributed by atoms with Crippen LogP contribution in [-0.4, -0.2) is 26.3 Å². The monoisotopic (exact) mass is 231 g/mol. The van der Waals surface area contributed by atoms with Crippen molar-refractivity contribution in [3.05, 3.63) is 35.4 Å². The first-order valence-electron chi connectivity index (χ1n) is 5.76. The molecule has 0 radical (unpaired) electrons. The lowest BCUT2D eigenvalue weighted by Gasteiger charge is -2.02. The minimum Gasteiger partial charge on any atom is -0.313 e. The maximum absolute atomic E-state index is 4.37. The van der Waals surface area contributed by atoms with Crippen LogP contribution in [0.15, 0.2) is 18.5 Å². The third-order valence-electron chi connectivity index (χ3n) is 2.39. The van der Waals surface area contributed by atoms with Gasteiger partial charge in [0.25, 0.3) is 5.95 Å². The Morgan fingerprint density at radius 2 is 1.94 bits per heavy atom. The fourth-order valence-corrected chi connectivity index (χ4v) is 1.64. The lowest BCUT2D eigenvalue weighted by Crippen LogP contribution is -2.11. The van der Waals surface area contributed by atoms with Gasteiger partial charge in [0, 0.05) is 29.7 Å². The number of aromatic nitrogens is 4. The van der Waals surface area contributed by atoms with Crippen molar-refractivity contribution in [1.29, 1.82) is 0 Å². The molecule has 0 unspecified atom stereocenters. The van der Waals surface area contributed by atoms with Gasteiger partial charge in [-0.3, -0.25) is 0 Å². The third-order valence-corrected chi connectivity index (χ3v) is 2.39. The Kier molecular flexibility index (Phi) is 3.49. The van der Waals surface area contributed by atoms with E-state index in [1.165, 1.54) is 0 Å². The zero-order valence-corrected chi connectivity index (χ0v) is 10.4. The minimum atomic E-state index is 0.630. The number of rotatable bonds is 4. The minimum absolute atomic E-state index is 0.630. The SMILES string of the molecule is CCNCc1cnn(-c2nc(C)cc(C)n2)c1. The number of nitrogens with zero attached hydrogens (tertiary/aromatic N) is 4. The molecule has 0 fully saturated rings. The summed E-state index contributed by atoms with van der Waals surface area (Å²) in [7, 11) is 0. The Balaban J connectivity index is 2.24. The second kappa shape index (κ2) is 5.05. The van der Waals surface area contributed by atoms with Gasteiger partial charge in [0.15, 0.2) is 0 Å². The fraction of sp³-hybridized carbons (Fsp3) is 0.417. The van der Waals surface area contributed by atoms with Crippen molar-refractivity contribution in [1.82, 2.24) is 25.1 Å². The van der Waals surface area contributed by atoms with Crippen LogP contribution < -0.4 is 5.32 Å². The summed E-state index contributed by atoms with van der Waals surface area (Å²) in [5, 5.41) is 7.53. The lowest BCUT2D eigenvalue weighted by molar-refractivity contribution is 0.725. The molecule has 0 aliphatic rings. The van der Waals surface area contributed by atoms with Crippen LogP contribution in [0.1, 0.15) is 23.9 Å². The normalized spacial score (nSPS) is 10.8. The highest BCUT2D eigenvalue weighted by molar-refractivity contribution is 5.19. The maximum atomic E-state index is 4.37. The number of hydrogen-bond donors (Lipinski definition) is 1. The first-order chi connectivity index (χ1) is 8.19. The van der Waals surface area contributed by atoms with Crippen LogP contribution in [-0.2, 0) is 6.54 Å². The Bertz CT molecular complexity index is 483. The summed E-state index contributed by atoms with van der Waals surface area (Å²) in [6, 6.07) is 1.95. The van der Waals surface area contributed by atoms with E-state index in [1.54, 1.807) is 4.68 Å². The van der Waals surface area contributed by atoms with Gasteiger partial charge in [-0.2, -0.15) is 5.10 Å². The predicted molar refractivity (Wildman–Crippen MR) is 66.0 cm³/mol. The summed E-state index contributed by atoms with van der Waals surface area (Å²) in [6.07, 6.45) is 3.79. The van der Waals surface area contributed by atoms with Crippen molar-refractivity contribution in [3.8, 4) is 5.95 Å². The Morgan fingerprint density at radius 3 is 2.59 bits per heavy atom. The molecule has 0 aromatic carbocycles. The van der Waals surface area contributed by atoms with Crippen LogP contribution in [0.25, 0.3) is 5.95 Å². The molecule has 0 aliphatic carbocycles. The van der Waals surface area contributed by atoms with E-state index in [9.17, 15) is 0 Å². The second-order valence-corrected chi connectivity index (χ2v) is 4.02. The Morgan fingerprint density at radius 1 is 1.24 bits per heavy atom. The Labute approximate surface area is 101 Å². The molecule has 5 heteroatoms. The van der Waals surface area contributed by atoms with Crippen LogP contribution >= 0.6 is 0 Å². The first kappa shape index (κ1) is 11.7. The molecule has 0 spiro atoms. The smallest absolute Gasteiger partial charge is 0.250 e. The molecular weight excluding hydrogens is 214 g/mol. The molecule has 0 aliphatic heterocycles. The fourth-order valence-electron chi connectivity index (χ4n) is 1.64. The van der Waals surface area contributed by atoms with Gasteiger partial charge < -0.3 is 5.32 Å². The average Bonchev–Trinajstić information content (AvgIpc) is 2.73. The zero-order valence-electron chi connectivity index (χ0n) is 10.4. The highest BCUT2D eigenvalue weighted by Crippen LogP contribution is 2.05. The van der Waals surface area contributed by atoms with Crippen LogP contribution in [0, 0.1) is 13.8 Å². The molecule has 0 atom stereocenters. The summed E-state index contributed by atoms with van der Waals surface area (Å²) >= 11 is 0. The summed E-state index contributed by atoms with van der Waals surface area (Å²) < 4.78 is 1.71.